The first kappa shape index (κ1) is 21.9. The zero-order valence-corrected chi connectivity index (χ0v) is 19.0. The summed E-state index contributed by atoms with van der Waals surface area (Å²) in [5.74, 6) is 0.675. The van der Waals surface area contributed by atoms with Crippen molar-refractivity contribution in [2.75, 3.05) is 22.6 Å². The van der Waals surface area contributed by atoms with Gasteiger partial charge in [-0.1, -0.05) is 25.4 Å². The number of nitrogens with zero attached hydrogens (tertiary/aromatic N) is 6. The monoisotopic (exact) mass is 458 g/mol. The Morgan fingerprint density at radius 3 is 2.78 bits per heavy atom. The number of pyridine rings is 1. The summed E-state index contributed by atoms with van der Waals surface area (Å²) in [5, 5.41) is 10.3. The van der Waals surface area contributed by atoms with Crippen molar-refractivity contribution in [3.63, 3.8) is 0 Å². The smallest absolute Gasteiger partial charge is 0.247 e. The minimum Gasteiger partial charge on any atom is -0.350 e. The van der Waals surface area contributed by atoms with E-state index in [1.54, 1.807) is 10.9 Å². The first-order chi connectivity index (χ1) is 15.2. The average molecular weight is 459 g/mol. The van der Waals surface area contributed by atoms with Crippen LogP contribution in [0.3, 0.4) is 0 Å². The molecule has 9 nitrogen and oxygen atoms in total. The molecule has 0 aromatic carbocycles. The number of likely N-dealkylation sites (N-methyl/N-ethyl adjacent to an activating group) is 1. The molecule has 32 heavy (non-hydrogen) atoms. The van der Waals surface area contributed by atoms with E-state index in [1.165, 1.54) is 12.3 Å². The molecule has 1 amide bonds. The lowest BCUT2D eigenvalue weighted by molar-refractivity contribution is -0.118. The highest BCUT2D eigenvalue weighted by Crippen LogP contribution is 2.34. The topological polar surface area (TPSA) is 101 Å². The molecule has 3 aromatic heterocycles. The van der Waals surface area contributed by atoms with Crippen LogP contribution in [0.5, 0.6) is 0 Å². The fraction of sp³-hybridized carbons (Fsp3) is 0.381. The quantitative estimate of drug-likeness (QED) is 0.547. The van der Waals surface area contributed by atoms with Crippen molar-refractivity contribution in [2.45, 2.75) is 39.9 Å². The maximum absolute atomic E-state index is 13.6. The molecule has 168 valence electrons. The van der Waals surface area contributed by atoms with Crippen LogP contribution in [0, 0.1) is 18.7 Å². The van der Waals surface area contributed by atoms with E-state index in [9.17, 15) is 9.18 Å². The van der Waals surface area contributed by atoms with Gasteiger partial charge in [-0.15, -0.1) is 0 Å². The normalized spacial score (nSPS) is 15.7. The number of amides is 1. The molecule has 0 fully saturated rings. The number of hydrogen-bond acceptors (Lipinski definition) is 7. The van der Waals surface area contributed by atoms with Gasteiger partial charge in [0, 0.05) is 31.5 Å². The molecule has 1 aliphatic rings. The van der Waals surface area contributed by atoms with Crippen molar-refractivity contribution >= 4 is 35.0 Å². The van der Waals surface area contributed by atoms with Crippen molar-refractivity contribution in [2.24, 2.45) is 5.92 Å². The molecule has 0 spiro atoms. The molecule has 1 aliphatic heterocycles. The third-order valence-electron chi connectivity index (χ3n) is 5.31. The van der Waals surface area contributed by atoms with Gasteiger partial charge in [-0.2, -0.15) is 10.1 Å². The zero-order chi connectivity index (χ0) is 23.0. The predicted octanol–water partition coefficient (Wildman–Crippen LogP) is 3.24. The van der Waals surface area contributed by atoms with Crippen molar-refractivity contribution in [1.82, 2.24) is 24.7 Å². The van der Waals surface area contributed by atoms with Crippen LogP contribution >= 0.6 is 11.6 Å². The zero-order valence-electron chi connectivity index (χ0n) is 18.2. The third kappa shape index (κ3) is 4.36. The highest BCUT2D eigenvalue weighted by atomic mass is 35.5. The molecule has 1 atom stereocenters. The summed E-state index contributed by atoms with van der Waals surface area (Å²) in [4.78, 5) is 27.3. The number of aromatic nitrogens is 5. The van der Waals surface area contributed by atoms with Crippen LogP contribution in [0.15, 0.2) is 24.7 Å². The largest absolute Gasteiger partial charge is 0.350 e. The second kappa shape index (κ2) is 8.70. The van der Waals surface area contributed by atoms with Crippen LogP contribution < -0.4 is 15.5 Å². The van der Waals surface area contributed by atoms with Crippen LogP contribution in [0.1, 0.15) is 30.7 Å². The lowest BCUT2D eigenvalue weighted by Gasteiger charge is -2.36. The van der Waals surface area contributed by atoms with Crippen LogP contribution in [0.4, 0.5) is 21.8 Å². The second-order valence-electron chi connectivity index (χ2n) is 8.14. The van der Waals surface area contributed by atoms with Gasteiger partial charge in [-0.05, 0) is 24.5 Å². The van der Waals surface area contributed by atoms with E-state index >= 15 is 0 Å². The number of hydrogen-bond donors (Lipinski definition) is 2. The van der Waals surface area contributed by atoms with Crippen LogP contribution in [-0.2, 0) is 17.9 Å². The molecule has 0 saturated heterocycles. The first-order valence-electron chi connectivity index (χ1n) is 10.2. The summed E-state index contributed by atoms with van der Waals surface area (Å²) < 4.78 is 15.3. The SMILES string of the molecule is Cc1nc(NCc2cnn(Cc3cnc(Cl)c(F)c3)c2)nc2c1NC(=O)[C@H](C(C)C)N2C. The number of anilines is 3. The minimum atomic E-state index is -0.556. The Morgan fingerprint density at radius 2 is 2.06 bits per heavy atom. The number of fused-ring (bicyclic) bond motifs is 1. The summed E-state index contributed by atoms with van der Waals surface area (Å²) in [5.41, 5.74) is 2.89. The fourth-order valence-electron chi connectivity index (χ4n) is 3.79. The predicted molar refractivity (Wildman–Crippen MR) is 120 cm³/mol. The summed E-state index contributed by atoms with van der Waals surface area (Å²) in [6.07, 6.45) is 5.10. The third-order valence-corrected chi connectivity index (χ3v) is 5.58. The van der Waals surface area contributed by atoms with E-state index in [2.05, 4.69) is 30.7 Å². The maximum Gasteiger partial charge on any atom is 0.247 e. The molecule has 3 aromatic rings. The van der Waals surface area contributed by atoms with Gasteiger partial charge >= 0.3 is 0 Å². The summed E-state index contributed by atoms with van der Waals surface area (Å²) >= 11 is 5.63. The second-order valence-corrected chi connectivity index (χ2v) is 8.49. The molecule has 2 N–H and O–H groups in total. The molecule has 0 radical (unpaired) electrons. The van der Waals surface area contributed by atoms with E-state index in [0.29, 0.717) is 41.8 Å². The Kier molecular flexibility index (Phi) is 5.96. The molecule has 0 aliphatic carbocycles. The van der Waals surface area contributed by atoms with Gasteiger partial charge < -0.3 is 15.5 Å². The molecular formula is C21H24ClFN8O. The maximum atomic E-state index is 13.6. The van der Waals surface area contributed by atoms with Crippen molar-refractivity contribution in [3.8, 4) is 0 Å². The van der Waals surface area contributed by atoms with Crippen LogP contribution in [-0.4, -0.2) is 43.7 Å². The Bertz CT molecular complexity index is 1160. The van der Waals surface area contributed by atoms with Crippen LogP contribution in [0.25, 0.3) is 0 Å². The fourth-order valence-corrected chi connectivity index (χ4v) is 3.90. The van der Waals surface area contributed by atoms with E-state index in [1.807, 2.05) is 38.9 Å². The van der Waals surface area contributed by atoms with Crippen molar-refractivity contribution < 1.29 is 9.18 Å². The lowest BCUT2D eigenvalue weighted by atomic mass is 9.99. The highest BCUT2D eigenvalue weighted by Gasteiger charge is 2.35. The number of halogens is 2. The number of carbonyl (C=O) groups excluding carboxylic acids is 1. The Hall–Kier alpha value is -3.27. The summed E-state index contributed by atoms with van der Waals surface area (Å²) in [7, 11) is 1.87. The van der Waals surface area contributed by atoms with E-state index in [0.717, 1.165) is 5.56 Å². The van der Waals surface area contributed by atoms with E-state index in [4.69, 9.17) is 11.6 Å². The number of aryl methyl sites for hydroxylation is 1. The Labute approximate surface area is 190 Å². The molecule has 0 unspecified atom stereocenters. The van der Waals surface area contributed by atoms with Gasteiger partial charge in [0.15, 0.2) is 16.8 Å². The average Bonchev–Trinajstić information content (AvgIpc) is 3.17. The Morgan fingerprint density at radius 1 is 1.28 bits per heavy atom. The number of nitrogens with one attached hydrogen (secondary N) is 2. The lowest BCUT2D eigenvalue weighted by Crippen LogP contribution is -2.49. The van der Waals surface area contributed by atoms with Gasteiger partial charge in [0.1, 0.15) is 11.7 Å². The first-order valence-corrected chi connectivity index (χ1v) is 10.6. The van der Waals surface area contributed by atoms with Gasteiger partial charge in [0.2, 0.25) is 11.9 Å². The van der Waals surface area contributed by atoms with E-state index < -0.39 is 5.82 Å². The van der Waals surface area contributed by atoms with Crippen LogP contribution in [0.2, 0.25) is 5.15 Å². The van der Waals surface area contributed by atoms with Crippen molar-refractivity contribution in [1.29, 1.82) is 0 Å². The summed E-state index contributed by atoms with van der Waals surface area (Å²) in [6.45, 7) is 6.68. The molecular weight excluding hydrogens is 435 g/mol. The van der Waals surface area contributed by atoms with E-state index in [-0.39, 0.29) is 23.0 Å². The van der Waals surface area contributed by atoms with Gasteiger partial charge in [0.05, 0.1) is 18.4 Å². The standard InChI is InChI=1S/C21H24ClFN8O/c1-11(2)17-20(32)28-16-12(3)27-21(29-19(16)30(17)4)25-7-14-8-26-31(10-14)9-13-5-15(23)18(22)24-6-13/h5-6,8,10-11,17H,7,9H2,1-4H3,(H,28,32)(H,25,27,29)/t17-/m0/s1. The van der Waals surface area contributed by atoms with Gasteiger partial charge in [-0.25, -0.2) is 14.4 Å². The molecule has 0 bridgehead atoms. The van der Waals surface area contributed by atoms with Gasteiger partial charge in [-0.3, -0.25) is 9.48 Å². The number of rotatable bonds is 6. The number of carbonyl (C=O) groups is 1. The van der Waals surface area contributed by atoms with Gasteiger partial charge in [0.25, 0.3) is 0 Å². The Balaban J connectivity index is 1.46. The summed E-state index contributed by atoms with van der Waals surface area (Å²) in [6, 6.07) is 1.05. The highest BCUT2D eigenvalue weighted by molar-refractivity contribution is 6.29. The molecule has 0 saturated carbocycles. The molecule has 11 heteroatoms. The molecule has 4 heterocycles. The molecule has 4 rings (SSSR count). The minimum absolute atomic E-state index is 0.0504. The van der Waals surface area contributed by atoms with Crippen molar-refractivity contribution in [3.05, 3.63) is 52.4 Å².